The predicted octanol–water partition coefficient (Wildman–Crippen LogP) is 3.47. The van der Waals surface area contributed by atoms with Crippen molar-refractivity contribution in [2.75, 3.05) is 19.6 Å². The number of amides is 2. The molecule has 2 aliphatic heterocycles. The van der Waals surface area contributed by atoms with E-state index < -0.39 is 0 Å². The first kappa shape index (κ1) is 23.2. The Hall–Kier alpha value is -3.52. The van der Waals surface area contributed by atoms with Crippen molar-refractivity contribution in [3.05, 3.63) is 77.4 Å². The van der Waals surface area contributed by atoms with Crippen molar-refractivity contribution in [2.24, 2.45) is 0 Å². The number of hydrogen-bond donors (Lipinski definition) is 1. The van der Waals surface area contributed by atoms with Crippen LogP contribution in [0.25, 0.3) is 5.69 Å². The molecule has 0 bridgehead atoms. The fraction of sp³-hybridized carbons (Fsp3) is 0.407. The lowest BCUT2D eigenvalue weighted by molar-refractivity contribution is -0.0712. The standard InChI is InChI=1S/C27H31N5O3/c1-19-17-20(2)32(30-19)23-5-3-21(4-6-23)25(33)29-18-24-7-10-27(35-24)11-15-31(16-12-27)26(34)22-8-13-28-14-9-22/h3-6,8-9,13-14,17,24H,7,10-12,15-16,18H2,1-2H3,(H,29,33). The van der Waals surface area contributed by atoms with Gasteiger partial charge in [-0.25, -0.2) is 4.68 Å². The maximum Gasteiger partial charge on any atom is 0.253 e. The molecule has 8 heteroatoms. The molecule has 1 aromatic carbocycles. The van der Waals surface area contributed by atoms with E-state index in [4.69, 9.17) is 4.74 Å². The van der Waals surface area contributed by atoms with Gasteiger partial charge in [0.1, 0.15) is 0 Å². The van der Waals surface area contributed by atoms with E-state index in [2.05, 4.69) is 15.4 Å². The molecule has 1 atom stereocenters. The van der Waals surface area contributed by atoms with Crippen LogP contribution < -0.4 is 5.32 Å². The Morgan fingerprint density at radius 2 is 1.74 bits per heavy atom. The second-order valence-corrected chi connectivity index (χ2v) is 9.59. The van der Waals surface area contributed by atoms with Crippen LogP contribution in [-0.4, -0.2) is 62.8 Å². The zero-order valence-electron chi connectivity index (χ0n) is 20.2. The van der Waals surface area contributed by atoms with Crippen molar-refractivity contribution in [1.29, 1.82) is 0 Å². The number of carbonyl (C=O) groups excluding carboxylic acids is 2. The first-order valence-electron chi connectivity index (χ1n) is 12.2. The van der Waals surface area contributed by atoms with Gasteiger partial charge in [-0.1, -0.05) is 0 Å². The number of aromatic nitrogens is 3. The molecule has 4 heterocycles. The van der Waals surface area contributed by atoms with Crippen LogP contribution in [0.3, 0.4) is 0 Å². The maximum absolute atomic E-state index is 12.7. The first-order chi connectivity index (χ1) is 16.9. The molecular formula is C27H31N5O3. The largest absolute Gasteiger partial charge is 0.370 e. The van der Waals surface area contributed by atoms with Gasteiger partial charge in [-0.15, -0.1) is 0 Å². The molecule has 0 radical (unpaired) electrons. The van der Waals surface area contributed by atoms with Gasteiger partial charge in [0.05, 0.1) is 23.1 Å². The Morgan fingerprint density at radius 1 is 1.03 bits per heavy atom. The third-order valence-corrected chi connectivity index (χ3v) is 7.10. The van der Waals surface area contributed by atoms with Crippen LogP contribution in [0, 0.1) is 13.8 Å². The number of aryl methyl sites for hydroxylation is 2. The Kier molecular flexibility index (Phi) is 6.38. The highest BCUT2D eigenvalue weighted by molar-refractivity contribution is 5.94. The van der Waals surface area contributed by atoms with Crippen LogP contribution in [0.15, 0.2) is 54.9 Å². The highest BCUT2D eigenvalue weighted by Gasteiger charge is 2.43. The summed E-state index contributed by atoms with van der Waals surface area (Å²) < 4.78 is 8.30. The van der Waals surface area contributed by atoms with E-state index >= 15 is 0 Å². The minimum atomic E-state index is -0.189. The summed E-state index contributed by atoms with van der Waals surface area (Å²) in [5, 5.41) is 7.52. The summed E-state index contributed by atoms with van der Waals surface area (Å²) in [4.78, 5) is 31.3. The van der Waals surface area contributed by atoms with Crippen molar-refractivity contribution >= 4 is 11.8 Å². The van der Waals surface area contributed by atoms with Crippen LogP contribution in [0.1, 0.15) is 57.8 Å². The molecule has 2 amide bonds. The fourth-order valence-electron chi connectivity index (χ4n) is 5.15. The van der Waals surface area contributed by atoms with Crippen molar-refractivity contribution in [1.82, 2.24) is 25.0 Å². The topological polar surface area (TPSA) is 89.4 Å². The molecule has 35 heavy (non-hydrogen) atoms. The molecule has 0 aliphatic carbocycles. The minimum Gasteiger partial charge on any atom is -0.370 e. The second kappa shape index (κ2) is 9.62. The number of nitrogens with one attached hydrogen (secondary N) is 1. The lowest BCUT2D eigenvalue weighted by atomic mass is 9.88. The van der Waals surface area contributed by atoms with Gasteiger partial charge in [0.2, 0.25) is 0 Å². The average Bonchev–Trinajstić information content (AvgIpc) is 3.45. The van der Waals surface area contributed by atoms with Crippen molar-refractivity contribution in [3.8, 4) is 5.69 Å². The second-order valence-electron chi connectivity index (χ2n) is 9.59. The molecular weight excluding hydrogens is 442 g/mol. The predicted molar refractivity (Wildman–Crippen MR) is 132 cm³/mol. The summed E-state index contributed by atoms with van der Waals surface area (Å²) in [5.74, 6) is -0.0554. The highest BCUT2D eigenvalue weighted by atomic mass is 16.5. The quantitative estimate of drug-likeness (QED) is 0.613. The molecule has 8 nitrogen and oxygen atoms in total. The van der Waals surface area contributed by atoms with Crippen LogP contribution >= 0.6 is 0 Å². The van der Waals surface area contributed by atoms with Gasteiger partial charge in [0, 0.05) is 48.8 Å². The monoisotopic (exact) mass is 473 g/mol. The van der Waals surface area contributed by atoms with Crippen molar-refractivity contribution in [2.45, 2.75) is 51.2 Å². The van der Waals surface area contributed by atoms with E-state index in [-0.39, 0.29) is 23.5 Å². The summed E-state index contributed by atoms with van der Waals surface area (Å²) in [7, 11) is 0. The molecule has 2 aromatic heterocycles. The summed E-state index contributed by atoms with van der Waals surface area (Å²) in [6, 6.07) is 13.0. The van der Waals surface area contributed by atoms with Gasteiger partial charge in [0.15, 0.2) is 0 Å². The number of pyridine rings is 1. The van der Waals surface area contributed by atoms with Crippen LogP contribution in [0.5, 0.6) is 0 Å². The number of benzene rings is 1. The van der Waals surface area contributed by atoms with Gasteiger partial charge in [0.25, 0.3) is 11.8 Å². The zero-order chi connectivity index (χ0) is 24.4. The number of rotatable bonds is 5. The zero-order valence-corrected chi connectivity index (χ0v) is 20.2. The molecule has 2 aliphatic rings. The highest BCUT2D eigenvalue weighted by Crippen LogP contribution is 2.39. The molecule has 3 aromatic rings. The number of carbonyl (C=O) groups is 2. The summed E-state index contributed by atoms with van der Waals surface area (Å²) in [6.07, 6.45) is 6.80. The summed E-state index contributed by atoms with van der Waals surface area (Å²) in [6.45, 7) is 5.83. The van der Waals surface area contributed by atoms with E-state index in [0.717, 1.165) is 42.8 Å². The SMILES string of the molecule is Cc1cc(C)n(-c2ccc(C(=O)NCC3CCC4(CCN(C(=O)c5ccncc5)CC4)O3)cc2)n1. The number of piperidine rings is 1. The Bertz CT molecular complexity index is 1200. The van der Waals surface area contributed by atoms with E-state index in [1.807, 2.05) is 53.8 Å². The molecule has 0 saturated carbocycles. The van der Waals surface area contributed by atoms with Gasteiger partial charge < -0.3 is 15.0 Å². The molecule has 5 rings (SSSR count). The smallest absolute Gasteiger partial charge is 0.253 e. The molecule has 2 saturated heterocycles. The summed E-state index contributed by atoms with van der Waals surface area (Å²) >= 11 is 0. The average molecular weight is 474 g/mol. The lowest BCUT2D eigenvalue weighted by Crippen LogP contribution is -2.47. The molecule has 1 N–H and O–H groups in total. The van der Waals surface area contributed by atoms with E-state index in [9.17, 15) is 9.59 Å². The molecule has 1 unspecified atom stereocenters. The van der Waals surface area contributed by atoms with E-state index in [1.54, 1.807) is 24.5 Å². The maximum atomic E-state index is 12.7. The van der Waals surface area contributed by atoms with Crippen LogP contribution in [-0.2, 0) is 4.74 Å². The molecule has 2 fully saturated rings. The van der Waals surface area contributed by atoms with Crippen LogP contribution in [0.2, 0.25) is 0 Å². The number of hydrogen-bond acceptors (Lipinski definition) is 5. The third kappa shape index (κ3) is 4.98. The molecule has 1 spiro atoms. The Morgan fingerprint density at radius 3 is 2.40 bits per heavy atom. The van der Waals surface area contributed by atoms with Gasteiger partial charge in [-0.2, -0.15) is 5.10 Å². The first-order valence-corrected chi connectivity index (χ1v) is 12.2. The minimum absolute atomic E-state index is 0.00429. The van der Waals surface area contributed by atoms with Crippen LogP contribution in [0.4, 0.5) is 0 Å². The number of ether oxygens (including phenoxy) is 1. The van der Waals surface area contributed by atoms with Gasteiger partial charge >= 0.3 is 0 Å². The lowest BCUT2D eigenvalue weighted by Gasteiger charge is -2.39. The Balaban J connectivity index is 1.11. The Labute approximate surface area is 205 Å². The van der Waals surface area contributed by atoms with Gasteiger partial charge in [-0.3, -0.25) is 14.6 Å². The number of likely N-dealkylation sites (tertiary alicyclic amines) is 1. The van der Waals surface area contributed by atoms with Crippen molar-refractivity contribution < 1.29 is 14.3 Å². The third-order valence-electron chi connectivity index (χ3n) is 7.10. The normalized spacial score (nSPS) is 19.1. The fourth-order valence-corrected chi connectivity index (χ4v) is 5.15. The van der Waals surface area contributed by atoms with E-state index in [1.165, 1.54) is 0 Å². The summed E-state index contributed by atoms with van der Waals surface area (Å²) in [5.41, 5.74) is 4.05. The van der Waals surface area contributed by atoms with Crippen molar-refractivity contribution in [3.63, 3.8) is 0 Å². The number of nitrogens with zero attached hydrogens (tertiary/aromatic N) is 4. The van der Waals surface area contributed by atoms with Gasteiger partial charge in [-0.05, 0) is 82.0 Å². The van der Waals surface area contributed by atoms with E-state index in [0.29, 0.717) is 30.8 Å². The molecule has 182 valence electrons.